The summed E-state index contributed by atoms with van der Waals surface area (Å²) in [6, 6.07) is 5.54. The Bertz CT molecular complexity index is 660. The fraction of sp³-hybridized carbons (Fsp3) is 0.500. The average molecular weight is 345 g/mol. The van der Waals surface area contributed by atoms with Gasteiger partial charge in [-0.25, -0.2) is 4.98 Å². The van der Waals surface area contributed by atoms with Gasteiger partial charge in [0.1, 0.15) is 5.82 Å². The van der Waals surface area contributed by atoms with E-state index in [2.05, 4.69) is 19.9 Å². The molecule has 0 radical (unpaired) electrons. The molecule has 0 unspecified atom stereocenters. The van der Waals surface area contributed by atoms with Crippen molar-refractivity contribution in [2.75, 3.05) is 43.4 Å². The molecule has 0 spiro atoms. The molecule has 1 aliphatic rings. The highest BCUT2D eigenvalue weighted by atomic mass is 16.5. The van der Waals surface area contributed by atoms with Crippen LogP contribution in [0.25, 0.3) is 0 Å². The maximum atomic E-state index is 11.3. The summed E-state index contributed by atoms with van der Waals surface area (Å²) in [5, 5.41) is 3.91. The van der Waals surface area contributed by atoms with Gasteiger partial charge in [-0.05, 0) is 19.1 Å². The number of aromatic nitrogens is 2. The third kappa shape index (κ3) is 5.29. The van der Waals surface area contributed by atoms with Crippen molar-refractivity contribution in [3.05, 3.63) is 35.7 Å². The summed E-state index contributed by atoms with van der Waals surface area (Å²) in [6.45, 7) is 10.3. The lowest BCUT2D eigenvalue weighted by atomic mass is 10.2. The molecule has 2 N–H and O–H groups in total. The molecule has 0 bridgehead atoms. The lowest BCUT2D eigenvalue weighted by molar-refractivity contribution is 0.101. The first-order valence-electron chi connectivity index (χ1n) is 8.77. The molecule has 2 aromatic heterocycles. The minimum absolute atomic E-state index is 0.0439. The zero-order valence-electron chi connectivity index (χ0n) is 15.2. The van der Waals surface area contributed by atoms with Gasteiger partial charge < -0.3 is 15.2 Å². The maximum absolute atomic E-state index is 11.3. The van der Waals surface area contributed by atoms with E-state index >= 15 is 0 Å². The van der Waals surface area contributed by atoms with Gasteiger partial charge in [0.05, 0.1) is 5.69 Å². The smallest absolute Gasteiger partial charge is 0.222 e. The van der Waals surface area contributed by atoms with Gasteiger partial charge >= 0.3 is 0 Å². The number of hydrogen-bond donors (Lipinski definition) is 1. The molecule has 3 rings (SSSR count). The summed E-state index contributed by atoms with van der Waals surface area (Å²) in [5.74, 6) is 1.34. The first kappa shape index (κ1) is 18.9. The van der Waals surface area contributed by atoms with Crippen LogP contribution in [0.5, 0.6) is 0 Å². The van der Waals surface area contributed by atoms with Crippen molar-refractivity contribution in [2.45, 2.75) is 27.2 Å². The Balaban J connectivity index is 0.00000109. The Kier molecular flexibility index (Phi) is 6.94. The summed E-state index contributed by atoms with van der Waals surface area (Å²) in [4.78, 5) is 20.3. The number of nitrogens with zero attached hydrogens (tertiary/aromatic N) is 4. The van der Waals surface area contributed by atoms with Gasteiger partial charge in [0.25, 0.3) is 0 Å². The number of carbonyl (C=O) groups excluding carboxylic acids is 1. The second-order valence-corrected chi connectivity index (χ2v) is 5.76. The van der Waals surface area contributed by atoms with Crippen molar-refractivity contribution in [2.24, 2.45) is 0 Å². The number of nitrogen functional groups attached to an aromatic ring is 1. The SMILES string of the molecule is CC.CC(=O)c1ccc(N2CCN(CCc3cc(N)on3)CC2)nc1. The molecule has 1 fully saturated rings. The highest BCUT2D eigenvalue weighted by molar-refractivity contribution is 5.93. The molecule has 136 valence electrons. The average Bonchev–Trinajstić information content (AvgIpc) is 3.07. The highest BCUT2D eigenvalue weighted by Gasteiger charge is 2.18. The zero-order valence-corrected chi connectivity index (χ0v) is 15.2. The van der Waals surface area contributed by atoms with Gasteiger partial charge in [-0.3, -0.25) is 9.69 Å². The Morgan fingerprint density at radius 1 is 1.24 bits per heavy atom. The summed E-state index contributed by atoms with van der Waals surface area (Å²) in [6.07, 6.45) is 2.49. The minimum Gasteiger partial charge on any atom is -0.368 e. The van der Waals surface area contributed by atoms with E-state index in [0.29, 0.717) is 11.4 Å². The third-order valence-corrected chi connectivity index (χ3v) is 4.11. The van der Waals surface area contributed by atoms with Crippen molar-refractivity contribution in [1.29, 1.82) is 0 Å². The number of carbonyl (C=O) groups is 1. The Hall–Kier alpha value is -2.41. The number of ketones is 1. The quantitative estimate of drug-likeness (QED) is 0.831. The van der Waals surface area contributed by atoms with Gasteiger partial charge in [0, 0.05) is 57.0 Å². The molecular formula is C18H27N5O2. The molecule has 1 aliphatic heterocycles. The molecule has 0 saturated carbocycles. The van der Waals surface area contributed by atoms with Crippen molar-refractivity contribution in [1.82, 2.24) is 15.0 Å². The fourth-order valence-electron chi connectivity index (χ4n) is 2.70. The van der Waals surface area contributed by atoms with Crippen LogP contribution in [0.3, 0.4) is 0 Å². The number of nitrogens with two attached hydrogens (primary N) is 1. The molecule has 0 atom stereocenters. The molecule has 1 saturated heterocycles. The van der Waals surface area contributed by atoms with E-state index in [1.54, 1.807) is 19.2 Å². The number of rotatable bonds is 5. The largest absolute Gasteiger partial charge is 0.368 e. The van der Waals surface area contributed by atoms with Crippen LogP contribution in [0.4, 0.5) is 11.7 Å². The predicted octanol–water partition coefficient (Wildman–Crippen LogP) is 2.25. The highest BCUT2D eigenvalue weighted by Crippen LogP contribution is 2.15. The fourth-order valence-corrected chi connectivity index (χ4v) is 2.70. The van der Waals surface area contributed by atoms with Gasteiger partial charge in [-0.1, -0.05) is 19.0 Å². The second kappa shape index (κ2) is 9.17. The molecule has 2 aromatic rings. The number of anilines is 2. The van der Waals surface area contributed by atoms with E-state index in [0.717, 1.165) is 50.7 Å². The Morgan fingerprint density at radius 3 is 2.48 bits per heavy atom. The van der Waals surface area contributed by atoms with E-state index in [9.17, 15) is 4.79 Å². The second-order valence-electron chi connectivity index (χ2n) is 5.76. The lowest BCUT2D eigenvalue weighted by Gasteiger charge is -2.35. The van der Waals surface area contributed by atoms with Crippen LogP contribution in [-0.4, -0.2) is 53.5 Å². The van der Waals surface area contributed by atoms with Crippen LogP contribution >= 0.6 is 0 Å². The van der Waals surface area contributed by atoms with Crippen LogP contribution in [0.1, 0.15) is 36.8 Å². The predicted molar refractivity (Wildman–Crippen MR) is 98.9 cm³/mol. The maximum Gasteiger partial charge on any atom is 0.222 e. The number of pyridine rings is 1. The van der Waals surface area contributed by atoms with Crippen LogP contribution in [0.2, 0.25) is 0 Å². The van der Waals surface area contributed by atoms with Crippen LogP contribution in [0.15, 0.2) is 28.9 Å². The van der Waals surface area contributed by atoms with Crippen LogP contribution in [-0.2, 0) is 6.42 Å². The topological polar surface area (TPSA) is 88.5 Å². The summed E-state index contributed by atoms with van der Waals surface area (Å²) < 4.78 is 4.87. The summed E-state index contributed by atoms with van der Waals surface area (Å²) >= 11 is 0. The van der Waals surface area contributed by atoms with Crippen LogP contribution in [0, 0.1) is 0 Å². The van der Waals surface area contributed by atoms with E-state index in [-0.39, 0.29) is 5.78 Å². The molecule has 3 heterocycles. The summed E-state index contributed by atoms with van der Waals surface area (Å²) in [7, 11) is 0. The molecule has 7 nitrogen and oxygen atoms in total. The molecule has 25 heavy (non-hydrogen) atoms. The van der Waals surface area contributed by atoms with Crippen molar-refractivity contribution in [3.8, 4) is 0 Å². The number of hydrogen-bond acceptors (Lipinski definition) is 7. The number of piperazine rings is 1. The lowest BCUT2D eigenvalue weighted by Crippen LogP contribution is -2.47. The van der Waals surface area contributed by atoms with Gasteiger partial charge in [0.15, 0.2) is 5.78 Å². The normalized spacial score (nSPS) is 14.8. The van der Waals surface area contributed by atoms with Gasteiger partial charge in [0.2, 0.25) is 5.88 Å². The van der Waals surface area contributed by atoms with Gasteiger partial charge in [-0.2, -0.15) is 0 Å². The van der Waals surface area contributed by atoms with E-state index in [4.69, 9.17) is 10.3 Å². The van der Waals surface area contributed by atoms with Crippen LogP contribution < -0.4 is 10.6 Å². The third-order valence-electron chi connectivity index (χ3n) is 4.11. The van der Waals surface area contributed by atoms with Crippen molar-refractivity contribution < 1.29 is 9.32 Å². The zero-order chi connectivity index (χ0) is 18.2. The van der Waals surface area contributed by atoms with E-state index in [1.165, 1.54) is 0 Å². The molecule has 0 aliphatic carbocycles. The Morgan fingerprint density at radius 2 is 1.96 bits per heavy atom. The molecule has 0 aromatic carbocycles. The Labute approximate surface area is 148 Å². The minimum atomic E-state index is 0.0439. The molecule has 0 amide bonds. The van der Waals surface area contributed by atoms with E-state index in [1.807, 2.05) is 26.0 Å². The van der Waals surface area contributed by atoms with Gasteiger partial charge in [-0.15, -0.1) is 0 Å². The first-order chi connectivity index (χ1) is 12.1. The first-order valence-corrected chi connectivity index (χ1v) is 8.77. The van der Waals surface area contributed by atoms with E-state index < -0.39 is 0 Å². The standard InChI is InChI=1S/C16H21N5O2.C2H6/c1-12(22)13-2-3-16(18-11-13)21-8-6-20(7-9-21)5-4-14-10-15(17)23-19-14;1-2/h2-3,10-11H,4-9,17H2,1H3;1-2H3. The van der Waals surface area contributed by atoms with Crippen molar-refractivity contribution >= 4 is 17.5 Å². The molecule has 7 heteroatoms. The summed E-state index contributed by atoms with van der Waals surface area (Å²) in [5.41, 5.74) is 7.07. The molecular weight excluding hydrogens is 318 g/mol. The van der Waals surface area contributed by atoms with Crippen molar-refractivity contribution in [3.63, 3.8) is 0 Å². The number of Topliss-reactive ketones (excluding diaryl/α,β-unsaturated/α-hetero) is 1. The monoisotopic (exact) mass is 345 g/mol.